The summed E-state index contributed by atoms with van der Waals surface area (Å²) >= 11 is 0. The number of carbonyl (C=O) groups is 1. The molecule has 4 rings (SSSR count). The smallest absolute Gasteiger partial charge is 0.225 e. The van der Waals surface area contributed by atoms with Gasteiger partial charge in [0, 0.05) is 42.0 Å². The van der Waals surface area contributed by atoms with Gasteiger partial charge < -0.3 is 10.3 Å². The van der Waals surface area contributed by atoms with Crippen LogP contribution in [0.4, 0.5) is 0 Å². The number of pyridine rings is 1. The molecule has 2 unspecified atom stereocenters. The summed E-state index contributed by atoms with van der Waals surface area (Å²) in [5.41, 5.74) is 10.8. The number of carbonyl (C=O) groups excluding carboxylic acids is 1. The van der Waals surface area contributed by atoms with E-state index in [0.717, 1.165) is 28.5 Å². The van der Waals surface area contributed by atoms with Gasteiger partial charge in [-0.05, 0) is 41.8 Å². The first-order chi connectivity index (χ1) is 12.2. The second kappa shape index (κ2) is 6.66. The number of rotatable bonds is 4. The van der Waals surface area contributed by atoms with E-state index in [0.29, 0.717) is 6.42 Å². The third-order valence-corrected chi connectivity index (χ3v) is 4.69. The molecule has 6 nitrogen and oxygen atoms in total. The van der Waals surface area contributed by atoms with Gasteiger partial charge in [-0.1, -0.05) is 12.1 Å². The zero-order valence-electron chi connectivity index (χ0n) is 14.0. The Hall–Kier alpha value is -2.70. The molecule has 1 fully saturated rings. The van der Waals surface area contributed by atoms with Gasteiger partial charge in [-0.25, -0.2) is 10.9 Å². The molecule has 3 aromatic rings. The van der Waals surface area contributed by atoms with Crippen molar-refractivity contribution in [3.05, 3.63) is 65.6 Å². The van der Waals surface area contributed by atoms with E-state index in [1.54, 1.807) is 12.4 Å². The third-order valence-electron chi connectivity index (χ3n) is 4.69. The molecule has 3 heterocycles. The molecule has 0 radical (unpaired) electrons. The highest BCUT2D eigenvalue weighted by atomic mass is 16.1. The molecule has 6 heteroatoms. The highest BCUT2D eigenvalue weighted by Gasteiger charge is 2.26. The van der Waals surface area contributed by atoms with Gasteiger partial charge in [0.25, 0.3) is 0 Å². The Kier molecular flexibility index (Phi) is 4.21. The molecular formula is C19H21N5O. The van der Waals surface area contributed by atoms with E-state index in [9.17, 15) is 4.79 Å². The molecule has 0 bridgehead atoms. The number of hydrogen-bond acceptors (Lipinski definition) is 4. The van der Waals surface area contributed by atoms with Crippen LogP contribution in [-0.4, -0.2) is 22.0 Å². The van der Waals surface area contributed by atoms with Crippen molar-refractivity contribution in [2.75, 3.05) is 0 Å². The maximum atomic E-state index is 12.5. The Morgan fingerprint density at radius 3 is 2.92 bits per heavy atom. The number of amides is 1. The summed E-state index contributed by atoms with van der Waals surface area (Å²) in [6.07, 6.45) is 6.56. The molecule has 128 valence electrons. The Labute approximate surface area is 146 Å². The topological polar surface area (TPSA) is 81.8 Å². The van der Waals surface area contributed by atoms with Crippen molar-refractivity contribution in [3.63, 3.8) is 0 Å². The molecule has 4 N–H and O–H groups in total. The summed E-state index contributed by atoms with van der Waals surface area (Å²) in [6.45, 7) is 2.07. The lowest BCUT2D eigenvalue weighted by molar-refractivity contribution is -0.121. The molecule has 1 saturated heterocycles. The number of nitrogens with one attached hydrogen (secondary N) is 4. The number of aryl methyl sites for hydroxylation is 1. The van der Waals surface area contributed by atoms with Crippen LogP contribution >= 0.6 is 0 Å². The monoisotopic (exact) mass is 335 g/mol. The predicted molar refractivity (Wildman–Crippen MR) is 96.5 cm³/mol. The first-order valence-corrected chi connectivity index (χ1v) is 8.46. The lowest BCUT2D eigenvalue weighted by atomic mass is 10.0. The van der Waals surface area contributed by atoms with Crippen LogP contribution in [0.3, 0.4) is 0 Å². The van der Waals surface area contributed by atoms with Crippen molar-refractivity contribution in [1.82, 2.24) is 26.1 Å². The van der Waals surface area contributed by atoms with Gasteiger partial charge >= 0.3 is 0 Å². The molecule has 0 aliphatic carbocycles. The van der Waals surface area contributed by atoms with Crippen molar-refractivity contribution in [2.45, 2.75) is 32.0 Å². The lowest BCUT2D eigenvalue weighted by Gasteiger charge is -2.12. The first-order valence-electron chi connectivity index (χ1n) is 8.46. The minimum Gasteiger partial charge on any atom is -0.361 e. The average molecular weight is 335 g/mol. The van der Waals surface area contributed by atoms with Crippen LogP contribution in [0, 0.1) is 6.92 Å². The minimum atomic E-state index is -0.0861. The van der Waals surface area contributed by atoms with Crippen molar-refractivity contribution in [2.24, 2.45) is 0 Å². The number of hydrogen-bond donors (Lipinski definition) is 4. The normalized spacial score (nSPS) is 20.0. The fourth-order valence-electron chi connectivity index (χ4n) is 3.47. The van der Waals surface area contributed by atoms with Crippen LogP contribution in [0.15, 0.2) is 48.9 Å². The van der Waals surface area contributed by atoms with Gasteiger partial charge in [0.05, 0.1) is 12.6 Å². The number of nitrogens with zero attached hydrogens (tertiary/aromatic N) is 1. The second-order valence-corrected chi connectivity index (χ2v) is 6.47. The van der Waals surface area contributed by atoms with E-state index >= 15 is 0 Å². The van der Waals surface area contributed by atoms with Crippen LogP contribution in [-0.2, 0) is 11.2 Å². The van der Waals surface area contributed by atoms with E-state index in [1.165, 1.54) is 5.56 Å². The van der Waals surface area contributed by atoms with Crippen molar-refractivity contribution < 1.29 is 4.79 Å². The Bertz CT molecular complexity index is 889. The molecule has 1 aliphatic rings. The average Bonchev–Trinajstić information content (AvgIpc) is 3.24. The summed E-state index contributed by atoms with van der Waals surface area (Å²) in [7, 11) is 0. The Morgan fingerprint density at radius 2 is 2.08 bits per heavy atom. The maximum absolute atomic E-state index is 12.5. The molecule has 2 atom stereocenters. The molecule has 1 amide bonds. The largest absolute Gasteiger partial charge is 0.361 e. The molecule has 0 saturated carbocycles. The fraction of sp³-hybridized carbons (Fsp3) is 0.263. The molecule has 1 aromatic carbocycles. The quantitative estimate of drug-likeness (QED) is 0.588. The summed E-state index contributed by atoms with van der Waals surface area (Å²) in [4.78, 5) is 19.7. The van der Waals surface area contributed by atoms with E-state index in [2.05, 4.69) is 39.1 Å². The van der Waals surface area contributed by atoms with Crippen LogP contribution in [0.2, 0.25) is 0 Å². The van der Waals surface area contributed by atoms with E-state index in [1.807, 2.05) is 30.5 Å². The van der Waals surface area contributed by atoms with Crippen LogP contribution in [0.1, 0.15) is 29.2 Å². The predicted octanol–water partition coefficient (Wildman–Crippen LogP) is 2.10. The van der Waals surface area contributed by atoms with Gasteiger partial charge in [0.2, 0.25) is 5.91 Å². The van der Waals surface area contributed by atoms with Gasteiger partial charge in [-0.15, -0.1) is 0 Å². The Balaban J connectivity index is 1.39. The van der Waals surface area contributed by atoms with Crippen molar-refractivity contribution in [1.29, 1.82) is 0 Å². The van der Waals surface area contributed by atoms with Crippen LogP contribution < -0.4 is 16.2 Å². The minimum absolute atomic E-state index is 0.0128. The summed E-state index contributed by atoms with van der Waals surface area (Å²) in [6, 6.07) is 10.3. The molecule has 0 spiro atoms. The SMILES string of the molecule is Cc1cccc2[nH]cc(CC(=O)NC3CC(c4ccncc4)NN3)c12. The van der Waals surface area contributed by atoms with E-state index in [4.69, 9.17) is 0 Å². The first kappa shape index (κ1) is 15.8. The number of H-pyrrole nitrogens is 1. The van der Waals surface area contributed by atoms with Gasteiger partial charge in [0.1, 0.15) is 0 Å². The number of hydrazine groups is 1. The number of aromatic nitrogens is 2. The fourth-order valence-corrected chi connectivity index (χ4v) is 3.47. The summed E-state index contributed by atoms with van der Waals surface area (Å²) in [5, 5.41) is 4.20. The maximum Gasteiger partial charge on any atom is 0.225 e. The van der Waals surface area contributed by atoms with Gasteiger partial charge in [-0.3, -0.25) is 9.78 Å². The standard InChI is InChI=1S/C19H21N5O/c1-12-3-2-4-15-19(12)14(11-21-15)9-18(25)22-17-10-16(23-24-17)13-5-7-20-8-6-13/h2-8,11,16-17,21,23-24H,9-10H2,1H3,(H,22,25). The molecule has 1 aliphatic heterocycles. The number of aromatic amines is 1. The van der Waals surface area contributed by atoms with E-state index < -0.39 is 0 Å². The van der Waals surface area contributed by atoms with Crippen molar-refractivity contribution in [3.8, 4) is 0 Å². The summed E-state index contributed by atoms with van der Waals surface area (Å²) in [5.74, 6) is 0.0128. The molecular weight excluding hydrogens is 314 g/mol. The summed E-state index contributed by atoms with van der Waals surface area (Å²) < 4.78 is 0. The van der Waals surface area contributed by atoms with Crippen LogP contribution in [0.25, 0.3) is 10.9 Å². The highest BCUT2D eigenvalue weighted by Crippen LogP contribution is 2.23. The number of benzene rings is 1. The molecule has 25 heavy (non-hydrogen) atoms. The number of fused-ring (bicyclic) bond motifs is 1. The second-order valence-electron chi connectivity index (χ2n) is 6.47. The zero-order chi connectivity index (χ0) is 17.2. The van der Waals surface area contributed by atoms with Gasteiger partial charge in [0.15, 0.2) is 0 Å². The van der Waals surface area contributed by atoms with Crippen LogP contribution in [0.5, 0.6) is 0 Å². The van der Waals surface area contributed by atoms with Gasteiger partial charge in [-0.2, -0.15) is 0 Å². The van der Waals surface area contributed by atoms with E-state index in [-0.39, 0.29) is 18.1 Å². The highest BCUT2D eigenvalue weighted by molar-refractivity contribution is 5.91. The Morgan fingerprint density at radius 1 is 1.24 bits per heavy atom. The lowest BCUT2D eigenvalue weighted by Crippen LogP contribution is -2.44. The zero-order valence-corrected chi connectivity index (χ0v) is 14.0. The van der Waals surface area contributed by atoms with Crippen molar-refractivity contribution >= 4 is 16.8 Å². The third kappa shape index (κ3) is 3.26. The molecule has 2 aromatic heterocycles.